The Hall–Kier alpha value is -1.68. The van der Waals surface area contributed by atoms with Gasteiger partial charge in [0, 0.05) is 18.4 Å². The zero-order valence-electron chi connectivity index (χ0n) is 13.3. The van der Waals surface area contributed by atoms with E-state index >= 15 is 0 Å². The van der Waals surface area contributed by atoms with Gasteiger partial charge in [0.05, 0.1) is 6.10 Å². The normalized spacial score (nSPS) is 17.1. The van der Waals surface area contributed by atoms with Crippen molar-refractivity contribution in [2.24, 2.45) is 0 Å². The second kappa shape index (κ2) is 10.1. The first kappa shape index (κ1) is 18.4. The number of carbonyl (C=O) groups is 2. The summed E-state index contributed by atoms with van der Waals surface area (Å²) in [4.78, 5) is 22.3. The minimum atomic E-state index is -0.801. The summed E-state index contributed by atoms with van der Waals surface area (Å²) in [6, 6.07) is 0. The lowest BCUT2D eigenvalue weighted by molar-refractivity contribution is -0.137. The van der Waals surface area contributed by atoms with Gasteiger partial charge in [-0.05, 0) is 44.1 Å². The zero-order chi connectivity index (χ0) is 16.4. The molecule has 1 rings (SSSR count). The molecule has 4 nitrogen and oxygen atoms in total. The Morgan fingerprint density at radius 2 is 2.05 bits per heavy atom. The second-order valence-electron chi connectivity index (χ2n) is 5.58. The molecule has 0 spiro atoms. The minimum absolute atomic E-state index is 0.143. The Bertz CT molecular complexity index is 471. The number of aliphatic hydroxyl groups excluding tert-OH is 1. The maximum Gasteiger partial charge on any atom is 0.303 e. The summed E-state index contributed by atoms with van der Waals surface area (Å²) in [5, 5.41) is 18.4. The molecule has 122 valence electrons. The number of hydrogen-bond acceptors (Lipinski definition) is 3. The van der Waals surface area contributed by atoms with Gasteiger partial charge in [-0.25, -0.2) is 0 Å². The molecule has 4 heteroatoms. The largest absolute Gasteiger partial charge is 0.481 e. The van der Waals surface area contributed by atoms with Crippen LogP contribution in [0.5, 0.6) is 0 Å². The third kappa shape index (κ3) is 6.85. The van der Waals surface area contributed by atoms with Gasteiger partial charge in [0.2, 0.25) is 0 Å². The summed E-state index contributed by atoms with van der Waals surface area (Å²) in [6.45, 7) is 2.06. The van der Waals surface area contributed by atoms with Crippen molar-refractivity contribution < 1.29 is 19.8 Å². The van der Waals surface area contributed by atoms with Gasteiger partial charge in [-0.3, -0.25) is 9.59 Å². The molecule has 0 aromatic carbocycles. The Balaban J connectivity index is 2.49. The van der Waals surface area contributed by atoms with E-state index in [1.165, 1.54) is 0 Å². The highest BCUT2D eigenvalue weighted by atomic mass is 16.4. The molecule has 0 heterocycles. The van der Waals surface area contributed by atoms with Crippen molar-refractivity contribution in [2.45, 2.75) is 64.4 Å². The van der Waals surface area contributed by atoms with E-state index in [0.717, 1.165) is 24.0 Å². The van der Waals surface area contributed by atoms with Crippen LogP contribution in [0.25, 0.3) is 0 Å². The van der Waals surface area contributed by atoms with Crippen molar-refractivity contribution in [3.8, 4) is 0 Å². The van der Waals surface area contributed by atoms with Gasteiger partial charge in [0.25, 0.3) is 0 Å². The monoisotopic (exact) mass is 306 g/mol. The van der Waals surface area contributed by atoms with Gasteiger partial charge in [0.1, 0.15) is 0 Å². The van der Waals surface area contributed by atoms with Crippen LogP contribution in [0.2, 0.25) is 0 Å². The average molecular weight is 306 g/mol. The first-order valence-electron chi connectivity index (χ1n) is 8.02. The number of carboxylic acids is 1. The highest BCUT2D eigenvalue weighted by Gasteiger charge is 2.20. The first-order chi connectivity index (χ1) is 10.5. The Labute approximate surface area is 132 Å². The number of unbranched alkanes of at least 4 members (excludes halogenated alkanes) is 1. The van der Waals surface area contributed by atoms with Crippen molar-refractivity contribution in [3.05, 3.63) is 35.5 Å². The number of carboxylic acid groups (broad SMARTS) is 1. The number of allylic oxidation sites excluding steroid dienone is 5. The van der Waals surface area contributed by atoms with E-state index in [9.17, 15) is 14.7 Å². The Morgan fingerprint density at radius 1 is 1.27 bits per heavy atom. The number of hydrogen-bond donors (Lipinski definition) is 2. The summed E-state index contributed by atoms with van der Waals surface area (Å²) in [7, 11) is 0. The molecule has 0 saturated carbocycles. The maximum atomic E-state index is 11.9. The molecule has 22 heavy (non-hydrogen) atoms. The molecular weight excluding hydrogens is 280 g/mol. The lowest BCUT2D eigenvalue weighted by Crippen LogP contribution is -2.03. The fourth-order valence-corrected chi connectivity index (χ4v) is 2.48. The number of aliphatic hydroxyl groups is 1. The SMILES string of the molecule is CC/C=C\CC1=C(/C=C/[C@H](O)CCCCC(=O)O)CCC1=O. The molecule has 0 aliphatic heterocycles. The smallest absolute Gasteiger partial charge is 0.303 e. The van der Waals surface area contributed by atoms with Gasteiger partial charge in [-0.15, -0.1) is 0 Å². The van der Waals surface area contributed by atoms with Gasteiger partial charge < -0.3 is 10.2 Å². The standard InChI is InChI=1S/C18H26O4/c1-2-3-4-8-16-14(11-13-17(16)20)10-12-15(19)7-5-6-9-18(21)22/h3-4,10,12,15,19H,2,5-9,11,13H2,1H3,(H,21,22)/b4-3-,12-10+/t15-/m1/s1. The lowest BCUT2D eigenvalue weighted by Gasteiger charge is -2.05. The molecule has 0 fully saturated rings. The summed E-state index contributed by atoms with van der Waals surface area (Å²) >= 11 is 0. The van der Waals surface area contributed by atoms with Crippen molar-refractivity contribution >= 4 is 11.8 Å². The molecule has 0 aromatic heterocycles. The van der Waals surface area contributed by atoms with Crippen molar-refractivity contribution in [1.29, 1.82) is 0 Å². The zero-order valence-corrected chi connectivity index (χ0v) is 13.3. The van der Waals surface area contributed by atoms with Gasteiger partial charge >= 0.3 is 5.97 Å². The fraction of sp³-hybridized carbons (Fsp3) is 0.556. The quantitative estimate of drug-likeness (QED) is 0.478. The van der Waals surface area contributed by atoms with Gasteiger partial charge in [-0.2, -0.15) is 0 Å². The highest BCUT2D eigenvalue weighted by Crippen LogP contribution is 2.27. The summed E-state index contributed by atoms with van der Waals surface area (Å²) in [5.74, 6) is -0.596. The van der Waals surface area contributed by atoms with E-state index in [-0.39, 0.29) is 12.2 Å². The molecular formula is C18H26O4. The Kier molecular flexibility index (Phi) is 8.44. The maximum absolute atomic E-state index is 11.9. The van der Waals surface area contributed by atoms with E-state index in [4.69, 9.17) is 5.11 Å². The number of rotatable bonds is 10. The molecule has 0 radical (unpaired) electrons. The summed E-state index contributed by atoms with van der Waals surface area (Å²) < 4.78 is 0. The van der Waals surface area contributed by atoms with Crippen LogP contribution in [0.1, 0.15) is 58.3 Å². The van der Waals surface area contributed by atoms with E-state index < -0.39 is 12.1 Å². The van der Waals surface area contributed by atoms with Crippen LogP contribution in [0, 0.1) is 0 Å². The van der Waals surface area contributed by atoms with Crippen LogP contribution in [-0.4, -0.2) is 28.1 Å². The van der Waals surface area contributed by atoms with Crippen LogP contribution >= 0.6 is 0 Å². The number of carbonyl (C=O) groups excluding carboxylic acids is 1. The third-order valence-corrected chi connectivity index (χ3v) is 3.73. The molecule has 0 bridgehead atoms. The van der Waals surface area contributed by atoms with E-state index in [2.05, 4.69) is 13.0 Å². The third-order valence-electron chi connectivity index (χ3n) is 3.73. The number of ketones is 1. The molecule has 0 aromatic rings. The van der Waals surface area contributed by atoms with E-state index in [1.54, 1.807) is 6.08 Å². The highest BCUT2D eigenvalue weighted by molar-refractivity contribution is 5.99. The number of aliphatic carboxylic acids is 1. The molecule has 2 N–H and O–H groups in total. The van der Waals surface area contributed by atoms with Gasteiger partial charge in [-0.1, -0.05) is 31.2 Å². The predicted molar refractivity (Wildman–Crippen MR) is 86.6 cm³/mol. The average Bonchev–Trinajstić information content (AvgIpc) is 2.82. The van der Waals surface area contributed by atoms with E-state index in [1.807, 2.05) is 12.2 Å². The lowest BCUT2D eigenvalue weighted by atomic mass is 10.0. The molecule has 0 unspecified atom stereocenters. The molecule has 1 aliphatic rings. The summed E-state index contributed by atoms with van der Waals surface area (Å²) in [6.07, 6.45) is 12.0. The summed E-state index contributed by atoms with van der Waals surface area (Å²) in [5.41, 5.74) is 1.88. The van der Waals surface area contributed by atoms with Crippen molar-refractivity contribution in [1.82, 2.24) is 0 Å². The Morgan fingerprint density at radius 3 is 2.73 bits per heavy atom. The van der Waals surface area contributed by atoms with Crippen LogP contribution in [-0.2, 0) is 9.59 Å². The first-order valence-corrected chi connectivity index (χ1v) is 8.02. The van der Waals surface area contributed by atoms with Crippen LogP contribution in [0.3, 0.4) is 0 Å². The van der Waals surface area contributed by atoms with Crippen LogP contribution < -0.4 is 0 Å². The molecule has 1 aliphatic carbocycles. The molecule has 0 amide bonds. The van der Waals surface area contributed by atoms with Crippen molar-refractivity contribution in [3.63, 3.8) is 0 Å². The predicted octanol–water partition coefficient (Wildman–Crippen LogP) is 3.56. The van der Waals surface area contributed by atoms with E-state index in [0.29, 0.717) is 32.1 Å². The molecule has 0 saturated heterocycles. The number of Topliss-reactive ketones (excluding diaryl/α,β-unsaturated/α-hetero) is 1. The van der Waals surface area contributed by atoms with Crippen molar-refractivity contribution in [2.75, 3.05) is 0 Å². The molecule has 1 atom stereocenters. The topological polar surface area (TPSA) is 74.6 Å². The second-order valence-corrected chi connectivity index (χ2v) is 5.58. The van der Waals surface area contributed by atoms with Crippen LogP contribution in [0.15, 0.2) is 35.5 Å². The minimum Gasteiger partial charge on any atom is -0.481 e. The fourth-order valence-electron chi connectivity index (χ4n) is 2.48. The van der Waals surface area contributed by atoms with Crippen LogP contribution in [0.4, 0.5) is 0 Å². The van der Waals surface area contributed by atoms with Gasteiger partial charge in [0.15, 0.2) is 5.78 Å².